The van der Waals surface area contributed by atoms with Gasteiger partial charge in [0.1, 0.15) is 11.4 Å². The van der Waals surface area contributed by atoms with Crippen molar-refractivity contribution in [2.24, 2.45) is 4.99 Å². The van der Waals surface area contributed by atoms with Crippen LogP contribution in [-0.2, 0) is 5.92 Å². The van der Waals surface area contributed by atoms with Gasteiger partial charge < -0.3 is 4.74 Å². The highest BCUT2D eigenvalue weighted by molar-refractivity contribution is 5.76. The van der Waals surface area contributed by atoms with Crippen LogP contribution in [0.15, 0.2) is 35.6 Å². The molecule has 0 radical (unpaired) electrons. The highest BCUT2D eigenvalue weighted by Gasteiger charge is 2.25. The maximum atomic E-state index is 12.9. The molecule has 0 bridgehead atoms. The third-order valence-electron chi connectivity index (χ3n) is 1.86. The number of aliphatic imine (C=N–C) groups is 1. The van der Waals surface area contributed by atoms with Crippen LogP contribution in [0.4, 0.5) is 8.78 Å². The van der Waals surface area contributed by atoms with E-state index in [1.165, 1.54) is 18.3 Å². The van der Waals surface area contributed by atoms with Gasteiger partial charge in [0.15, 0.2) is 5.90 Å². The van der Waals surface area contributed by atoms with Crippen LogP contribution in [0.1, 0.15) is 26.5 Å². The van der Waals surface area contributed by atoms with Gasteiger partial charge in [-0.2, -0.15) is 8.78 Å². The van der Waals surface area contributed by atoms with Crippen LogP contribution >= 0.6 is 0 Å². The van der Waals surface area contributed by atoms with Crippen molar-refractivity contribution >= 4 is 5.90 Å². The van der Waals surface area contributed by atoms with Crippen molar-refractivity contribution in [3.8, 4) is 5.75 Å². The third kappa shape index (κ3) is 4.30. The minimum Gasteiger partial charge on any atom is -0.442 e. The lowest BCUT2D eigenvalue weighted by Crippen LogP contribution is -2.10. The molecule has 92 valence electrons. The molecule has 17 heavy (non-hydrogen) atoms. The Bertz CT molecular complexity index is 419. The highest BCUT2D eigenvalue weighted by atomic mass is 19.3. The number of nitrogens with zero attached hydrogens (tertiary/aromatic N) is 2. The van der Waals surface area contributed by atoms with Gasteiger partial charge in [-0.3, -0.25) is 4.98 Å². The monoisotopic (exact) mass is 240 g/mol. The standard InChI is InChI=1S/C12H14F2N2O/c1-4-7-15-9(2)17-10-5-6-11(16-8-10)12(3,13)14/h4-8H,1-3H3/b7-4-,15-9?. The van der Waals surface area contributed by atoms with Crippen molar-refractivity contribution in [3.63, 3.8) is 0 Å². The summed E-state index contributed by atoms with van der Waals surface area (Å²) in [6.07, 6.45) is 4.59. The van der Waals surface area contributed by atoms with E-state index in [1.807, 2.05) is 6.92 Å². The van der Waals surface area contributed by atoms with Crippen LogP contribution in [0.25, 0.3) is 0 Å². The van der Waals surface area contributed by atoms with E-state index < -0.39 is 5.92 Å². The summed E-state index contributed by atoms with van der Waals surface area (Å²) in [6, 6.07) is 2.67. The fourth-order valence-electron chi connectivity index (χ4n) is 1.08. The number of rotatable bonds is 3. The molecule has 0 aliphatic rings. The summed E-state index contributed by atoms with van der Waals surface area (Å²) in [5, 5.41) is 0. The fraction of sp³-hybridized carbons (Fsp3) is 0.333. The van der Waals surface area contributed by atoms with Crippen LogP contribution in [0.2, 0.25) is 0 Å². The minimum absolute atomic E-state index is 0.284. The van der Waals surface area contributed by atoms with Gasteiger partial charge in [-0.1, -0.05) is 6.08 Å². The predicted octanol–water partition coefficient (Wildman–Crippen LogP) is 3.52. The second-order valence-corrected chi connectivity index (χ2v) is 3.50. The van der Waals surface area contributed by atoms with Crippen molar-refractivity contribution in [2.75, 3.05) is 0 Å². The van der Waals surface area contributed by atoms with E-state index in [2.05, 4.69) is 9.98 Å². The van der Waals surface area contributed by atoms with Crippen LogP contribution < -0.4 is 4.74 Å². The Kier molecular flexibility index (Phi) is 4.31. The van der Waals surface area contributed by atoms with Gasteiger partial charge >= 0.3 is 0 Å². The topological polar surface area (TPSA) is 34.5 Å². The molecule has 0 N–H and O–H groups in total. The molecule has 0 atom stereocenters. The molecule has 5 heteroatoms. The number of aromatic nitrogens is 1. The largest absolute Gasteiger partial charge is 0.442 e. The lowest BCUT2D eigenvalue weighted by molar-refractivity contribution is 0.0127. The Balaban J connectivity index is 2.76. The molecule has 0 unspecified atom stereocenters. The van der Waals surface area contributed by atoms with Gasteiger partial charge in [-0.05, 0) is 19.1 Å². The first-order valence-corrected chi connectivity index (χ1v) is 5.11. The molecule has 0 aliphatic carbocycles. The molecule has 3 nitrogen and oxygen atoms in total. The first-order chi connectivity index (χ1) is 7.93. The Morgan fingerprint density at radius 1 is 1.47 bits per heavy atom. The first-order valence-electron chi connectivity index (χ1n) is 5.11. The Morgan fingerprint density at radius 3 is 2.65 bits per heavy atom. The second-order valence-electron chi connectivity index (χ2n) is 3.50. The Hall–Kier alpha value is -1.78. The van der Waals surface area contributed by atoms with Crippen LogP contribution in [0, 0.1) is 0 Å². The van der Waals surface area contributed by atoms with E-state index in [0.29, 0.717) is 11.6 Å². The van der Waals surface area contributed by atoms with E-state index in [4.69, 9.17) is 4.74 Å². The number of alkyl halides is 2. The molecule has 0 aromatic carbocycles. The Labute approximate surface area is 98.9 Å². The van der Waals surface area contributed by atoms with Crippen molar-refractivity contribution < 1.29 is 13.5 Å². The maximum absolute atomic E-state index is 12.9. The highest BCUT2D eigenvalue weighted by Crippen LogP contribution is 2.25. The van der Waals surface area contributed by atoms with Gasteiger partial charge in [-0.25, -0.2) is 4.99 Å². The van der Waals surface area contributed by atoms with Gasteiger partial charge in [0.05, 0.1) is 6.20 Å². The number of hydrogen-bond acceptors (Lipinski definition) is 3. The van der Waals surface area contributed by atoms with E-state index in [1.54, 1.807) is 19.2 Å². The molecule has 1 rings (SSSR count). The summed E-state index contributed by atoms with van der Waals surface area (Å²) >= 11 is 0. The van der Waals surface area contributed by atoms with Gasteiger partial charge in [0, 0.05) is 20.0 Å². The molecule has 1 aromatic rings. The molecule has 1 aromatic heterocycles. The number of pyridine rings is 1. The summed E-state index contributed by atoms with van der Waals surface area (Å²) in [5.41, 5.74) is -0.284. The first kappa shape index (κ1) is 13.3. The zero-order valence-corrected chi connectivity index (χ0v) is 9.95. The van der Waals surface area contributed by atoms with Crippen LogP contribution in [0.3, 0.4) is 0 Å². The van der Waals surface area contributed by atoms with Gasteiger partial charge in [-0.15, -0.1) is 0 Å². The smallest absolute Gasteiger partial charge is 0.286 e. The van der Waals surface area contributed by atoms with Crippen molar-refractivity contribution in [1.29, 1.82) is 0 Å². The lowest BCUT2D eigenvalue weighted by Gasteiger charge is -2.10. The number of ether oxygens (including phenoxy) is 1. The minimum atomic E-state index is -2.94. The Morgan fingerprint density at radius 2 is 2.18 bits per heavy atom. The lowest BCUT2D eigenvalue weighted by atomic mass is 10.2. The van der Waals surface area contributed by atoms with Crippen LogP contribution in [0.5, 0.6) is 5.75 Å². The van der Waals surface area contributed by atoms with E-state index >= 15 is 0 Å². The van der Waals surface area contributed by atoms with Crippen molar-refractivity contribution in [1.82, 2.24) is 4.98 Å². The molecule has 0 saturated heterocycles. The van der Waals surface area contributed by atoms with E-state index in [-0.39, 0.29) is 5.69 Å². The molecule has 1 heterocycles. The number of halogens is 2. The molecular weight excluding hydrogens is 226 g/mol. The van der Waals surface area contributed by atoms with E-state index in [0.717, 1.165) is 6.92 Å². The van der Waals surface area contributed by atoms with Gasteiger partial charge in [0.25, 0.3) is 5.92 Å². The molecule has 0 spiro atoms. The third-order valence-corrected chi connectivity index (χ3v) is 1.86. The second kappa shape index (κ2) is 5.52. The normalized spacial score (nSPS) is 13.1. The van der Waals surface area contributed by atoms with Crippen LogP contribution in [-0.4, -0.2) is 10.9 Å². The molecule has 0 fully saturated rings. The molecule has 0 amide bonds. The fourth-order valence-corrected chi connectivity index (χ4v) is 1.08. The van der Waals surface area contributed by atoms with E-state index in [9.17, 15) is 8.78 Å². The molecular formula is C12H14F2N2O. The predicted molar refractivity (Wildman–Crippen MR) is 62.4 cm³/mol. The summed E-state index contributed by atoms with van der Waals surface area (Å²) < 4.78 is 31.0. The maximum Gasteiger partial charge on any atom is 0.286 e. The average Bonchev–Trinajstić information content (AvgIpc) is 2.26. The van der Waals surface area contributed by atoms with Gasteiger partial charge in [0.2, 0.25) is 0 Å². The summed E-state index contributed by atoms with van der Waals surface area (Å²) in [7, 11) is 0. The van der Waals surface area contributed by atoms with Crippen molar-refractivity contribution in [3.05, 3.63) is 36.3 Å². The summed E-state index contributed by atoms with van der Waals surface area (Å²) in [6.45, 7) is 4.30. The zero-order chi connectivity index (χ0) is 12.9. The number of allylic oxidation sites excluding steroid dienone is 1. The summed E-state index contributed by atoms with van der Waals surface area (Å²) in [4.78, 5) is 7.58. The molecule has 0 aliphatic heterocycles. The quantitative estimate of drug-likeness (QED) is 0.598. The van der Waals surface area contributed by atoms with Crippen molar-refractivity contribution in [2.45, 2.75) is 26.7 Å². The molecule has 0 saturated carbocycles. The average molecular weight is 240 g/mol. The summed E-state index contributed by atoms with van der Waals surface area (Å²) in [5.74, 6) is -2.14. The number of hydrogen-bond donors (Lipinski definition) is 0. The SMILES string of the molecule is C/C=C\N=C(C)Oc1ccc(C(C)(F)F)nc1. The zero-order valence-electron chi connectivity index (χ0n) is 9.95.